The van der Waals surface area contributed by atoms with Crippen LogP contribution >= 0.6 is 0 Å². The monoisotopic (exact) mass is 275 g/mol. The predicted molar refractivity (Wildman–Crippen MR) is 78.8 cm³/mol. The molecule has 0 bridgehead atoms. The van der Waals surface area contributed by atoms with E-state index in [-0.39, 0.29) is 0 Å². The van der Waals surface area contributed by atoms with Crippen LogP contribution in [0.25, 0.3) is 11.0 Å². The van der Waals surface area contributed by atoms with Gasteiger partial charge in [-0.25, -0.2) is 4.98 Å². The molecule has 2 aromatic rings. The standard InChI is InChI=1S/C15H21N3O2/c1-3-14-17-11-7-5-6-8-13(11)18(14)10-9-12(15(19)20)16-4-2/h5-8,12,16H,3-4,9-10H2,1-2H3,(H,19,20). The van der Waals surface area contributed by atoms with Gasteiger partial charge in [-0.1, -0.05) is 26.0 Å². The molecule has 1 aromatic heterocycles. The van der Waals surface area contributed by atoms with E-state index in [2.05, 4.69) is 21.8 Å². The zero-order valence-electron chi connectivity index (χ0n) is 12.0. The highest BCUT2D eigenvalue weighted by Gasteiger charge is 2.17. The number of nitrogens with one attached hydrogen (secondary N) is 1. The lowest BCUT2D eigenvalue weighted by Crippen LogP contribution is -2.37. The molecule has 2 rings (SSSR count). The Morgan fingerprint density at radius 1 is 1.40 bits per heavy atom. The van der Waals surface area contributed by atoms with E-state index in [4.69, 9.17) is 0 Å². The van der Waals surface area contributed by atoms with Gasteiger partial charge in [-0.15, -0.1) is 0 Å². The van der Waals surface area contributed by atoms with Crippen LogP contribution < -0.4 is 5.32 Å². The minimum atomic E-state index is -0.797. The first-order chi connectivity index (χ1) is 9.67. The van der Waals surface area contributed by atoms with Crippen LogP contribution in [-0.4, -0.2) is 33.2 Å². The second kappa shape index (κ2) is 6.52. The van der Waals surface area contributed by atoms with E-state index in [1.807, 2.05) is 31.2 Å². The number of imidazole rings is 1. The molecule has 0 spiro atoms. The Morgan fingerprint density at radius 3 is 2.80 bits per heavy atom. The number of aromatic nitrogens is 2. The zero-order chi connectivity index (χ0) is 14.5. The predicted octanol–water partition coefficient (Wildman–Crippen LogP) is 2.05. The fourth-order valence-electron chi connectivity index (χ4n) is 2.46. The molecule has 0 radical (unpaired) electrons. The Hall–Kier alpha value is -1.88. The Kier molecular flexibility index (Phi) is 4.74. The van der Waals surface area contributed by atoms with Crippen LogP contribution in [0.2, 0.25) is 0 Å². The number of fused-ring (bicyclic) bond motifs is 1. The van der Waals surface area contributed by atoms with Crippen molar-refractivity contribution in [2.45, 2.75) is 39.3 Å². The third-order valence-electron chi connectivity index (χ3n) is 3.44. The second-order valence-electron chi connectivity index (χ2n) is 4.76. The van der Waals surface area contributed by atoms with E-state index in [1.165, 1.54) is 0 Å². The number of benzene rings is 1. The van der Waals surface area contributed by atoms with Crippen LogP contribution in [0.15, 0.2) is 24.3 Å². The summed E-state index contributed by atoms with van der Waals surface area (Å²) in [4.78, 5) is 15.8. The topological polar surface area (TPSA) is 67.2 Å². The number of carbonyl (C=O) groups is 1. The number of carboxylic acid groups (broad SMARTS) is 1. The summed E-state index contributed by atoms with van der Waals surface area (Å²) in [6.45, 7) is 5.30. The molecule has 0 amide bonds. The molecule has 20 heavy (non-hydrogen) atoms. The Bertz CT molecular complexity index is 592. The first kappa shape index (κ1) is 14.5. The third kappa shape index (κ3) is 2.99. The normalized spacial score (nSPS) is 12.7. The van der Waals surface area contributed by atoms with E-state index in [0.717, 1.165) is 23.3 Å². The maximum absolute atomic E-state index is 11.2. The van der Waals surface area contributed by atoms with E-state index >= 15 is 0 Å². The van der Waals surface area contributed by atoms with Gasteiger partial charge in [0.2, 0.25) is 0 Å². The lowest BCUT2D eigenvalue weighted by Gasteiger charge is -2.15. The summed E-state index contributed by atoms with van der Waals surface area (Å²) >= 11 is 0. The number of hydrogen-bond acceptors (Lipinski definition) is 3. The molecule has 1 unspecified atom stereocenters. The quantitative estimate of drug-likeness (QED) is 0.811. The SMILES string of the molecule is CCNC(CCn1c(CC)nc2ccccc21)C(=O)O. The molecule has 0 aliphatic carbocycles. The molecule has 1 atom stereocenters. The molecule has 108 valence electrons. The molecule has 2 N–H and O–H groups in total. The van der Waals surface area contributed by atoms with Gasteiger partial charge in [0.25, 0.3) is 0 Å². The number of nitrogens with zero attached hydrogens (tertiary/aromatic N) is 2. The summed E-state index contributed by atoms with van der Waals surface area (Å²) in [5.41, 5.74) is 2.05. The van der Waals surface area contributed by atoms with Crippen LogP contribution in [0.5, 0.6) is 0 Å². The molecule has 0 saturated heterocycles. The highest BCUT2D eigenvalue weighted by atomic mass is 16.4. The molecule has 0 aliphatic heterocycles. The van der Waals surface area contributed by atoms with Gasteiger partial charge in [0.15, 0.2) is 0 Å². The highest BCUT2D eigenvalue weighted by Crippen LogP contribution is 2.17. The fourth-order valence-corrected chi connectivity index (χ4v) is 2.46. The van der Waals surface area contributed by atoms with Gasteiger partial charge in [0.05, 0.1) is 11.0 Å². The molecule has 0 aliphatic rings. The molecule has 1 aromatic carbocycles. The maximum Gasteiger partial charge on any atom is 0.320 e. The zero-order valence-corrected chi connectivity index (χ0v) is 12.0. The van der Waals surface area contributed by atoms with Crippen molar-refractivity contribution < 1.29 is 9.90 Å². The molecule has 5 heteroatoms. The average molecular weight is 275 g/mol. The van der Waals surface area contributed by atoms with Gasteiger partial charge in [0, 0.05) is 13.0 Å². The summed E-state index contributed by atoms with van der Waals surface area (Å²) in [5, 5.41) is 12.2. The van der Waals surface area contributed by atoms with Crippen molar-refractivity contribution in [2.24, 2.45) is 0 Å². The number of para-hydroxylation sites is 2. The number of carboxylic acids is 1. The van der Waals surface area contributed by atoms with Crippen molar-refractivity contribution in [1.29, 1.82) is 0 Å². The smallest absolute Gasteiger partial charge is 0.320 e. The number of aryl methyl sites for hydroxylation is 2. The summed E-state index contributed by atoms with van der Waals surface area (Å²) in [6.07, 6.45) is 1.39. The first-order valence-corrected chi connectivity index (χ1v) is 7.07. The molecule has 5 nitrogen and oxygen atoms in total. The summed E-state index contributed by atoms with van der Waals surface area (Å²) in [5.74, 6) is 0.209. The van der Waals surface area contributed by atoms with Crippen molar-refractivity contribution in [2.75, 3.05) is 6.54 Å². The Balaban J connectivity index is 2.22. The summed E-state index contributed by atoms with van der Waals surface area (Å²) < 4.78 is 2.13. The van der Waals surface area contributed by atoms with Crippen molar-refractivity contribution >= 4 is 17.0 Å². The second-order valence-corrected chi connectivity index (χ2v) is 4.76. The van der Waals surface area contributed by atoms with Crippen molar-refractivity contribution in [3.63, 3.8) is 0 Å². The largest absolute Gasteiger partial charge is 0.480 e. The number of likely N-dealkylation sites (N-methyl/N-ethyl adjacent to an activating group) is 1. The van der Waals surface area contributed by atoms with Crippen LogP contribution in [0.4, 0.5) is 0 Å². The Labute approximate surface area is 118 Å². The van der Waals surface area contributed by atoms with Crippen LogP contribution in [0.1, 0.15) is 26.1 Å². The van der Waals surface area contributed by atoms with E-state index in [1.54, 1.807) is 0 Å². The molecule has 1 heterocycles. The lowest BCUT2D eigenvalue weighted by atomic mass is 10.2. The van der Waals surface area contributed by atoms with E-state index in [0.29, 0.717) is 19.5 Å². The van der Waals surface area contributed by atoms with Gasteiger partial charge >= 0.3 is 5.97 Å². The van der Waals surface area contributed by atoms with Crippen molar-refractivity contribution in [1.82, 2.24) is 14.9 Å². The minimum absolute atomic E-state index is 0.508. The van der Waals surface area contributed by atoms with Crippen molar-refractivity contribution in [3.05, 3.63) is 30.1 Å². The van der Waals surface area contributed by atoms with Gasteiger partial charge in [-0.2, -0.15) is 0 Å². The summed E-state index contributed by atoms with van der Waals surface area (Å²) in [7, 11) is 0. The number of rotatable bonds is 7. The highest BCUT2D eigenvalue weighted by molar-refractivity contribution is 5.76. The molecule has 0 fully saturated rings. The van der Waals surface area contributed by atoms with Gasteiger partial charge in [-0.3, -0.25) is 4.79 Å². The van der Waals surface area contributed by atoms with Gasteiger partial charge in [-0.05, 0) is 25.1 Å². The maximum atomic E-state index is 11.2. The third-order valence-corrected chi connectivity index (χ3v) is 3.44. The van der Waals surface area contributed by atoms with Crippen LogP contribution in [0, 0.1) is 0 Å². The number of hydrogen-bond donors (Lipinski definition) is 2. The Morgan fingerprint density at radius 2 is 2.15 bits per heavy atom. The fraction of sp³-hybridized carbons (Fsp3) is 0.467. The first-order valence-electron chi connectivity index (χ1n) is 7.07. The van der Waals surface area contributed by atoms with Crippen LogP contribution in [0.3, 0.4) is 0 Å². The van der Waals surface area contributed by atoms with Crippen molar-refractivity contribution in [3.8, 4) is 0 Å². The minimum Gasteiger partial charge on any atom is -0.480 e. The molecular formula is C15H21N3O2. The van der Waals surface area contributed by atoms with E-state index in [9.17, 15) is 9.90 Å². The average Bonchev–Trinajstić information content (AvgIpc) is 2.81. The molecule has 0 saturated carbocycles. The van der Waals surface area contributed by atoms with Crippen LogP contribution in [-0.2, 0) is 17.8 Å². The van der Waals surface area contributed by atoms with Gasteiger partial charge in [0.1, 0.15) is 11.9 Å². The summed E-state index contributed by atoms with van der Waals surface area (Å²) in [6, 6.07) is 7.47. The number of aliphatic carboxylic acids is 1. The lowest BCUT2D eigenvalue weighted by molar-refractivity contribution is -0.139. The van der Waals surface area contributed by atoms with E-state index < -0.39 is 12.0 Å². The molecular weight excluding hydrogens is 254 g/mol. The van der Waals surface area contributed by atoms with Gasteiger partial charge < -0.3 is 15.0 Å².